The Balaban J connectivity index is 2.40. The average molecular weight is 803 g/mol. The molecule has 0 aromatic carbocycles. The highest BCUT2D eigenvalue weighted by Crippen LogP contribution is 2.22. The second-order valence-electron chi connectivity index (χ2n) is 14.8. The van der Waals surface area contributed by atoms with Crippen LogP contribution in [0.1, 0.15) is 155 Å². The maximum atomic E-state index is 12.7. The van der Waals surface area contributed by atoms with E-state index in [0.717, 1.165) is 70.6 Å². The van der Waals surface area contributed by atoms with Gasteiger partial charge in [0.05, 0.1) is 13.2 Å². The van der Waals surface area contributed by atoms with Crippen LogP contribution in [0.5, 0.6) is 0 Å². The van der Waals surface area contributed by atoms with Gasteiger partial charge in [0.25, 0.3) is 0 Å². The molecule has 0 saturated carbocycles. The van der Waals surface area contributed by atoms with Crippen LogP contribution in [0.2, 0.25) is 0 Å². The Hall–Kier alpha value is -2.86. The largest absolute Gasteiger partial charge is 0.462 e. The molecule has 1 heterocycles. The van der Waals surface area contributed by atoms with Gasteiger partial charge in [0.2, 0.25) is 0 Å². The second-order valence-corrected chi connectivity index (χ2v) is 14.8. The van der Waals surface area contributed by atoms with Crippen LogP contribution in [-0.2, 0) is 28.5 Å². The number of hydrogen-bond acceptors (Lipinski definition) is 10. The third-order valence-corrected chi connectivity index (χ3v) is 9.58. The highest BCUT2D eigenvalue weighted by atomic mass is 16.7. The van der Waals surface area contributed by atoms with Crippen molar-refractivity contribution in [2.24, 2.45) is 0 Å². The Morgan fingerprint density at radius 2 is 1.05 bits per heavy atom. The summed E-state index contributed by atoms with van der Waals surface area (Å²) in [6.45, 7) is 3.22. The summed E-state index contributed by atoms with van der Waals surface area (Å²) < 4.78 is 22.1. The first-order valence-electron chi connectivity index (χ1n) is 22.0. The highest BCUT2D eigenvalue weighted by Gasteiger charge is 2.44. The molecule has 326 valence electrons. The summed E-state index contributed by atoms with van der Waals surface area (Å²) in [6.07, 6.45) is 39.1. The zero-order chi connectivity index (χ0) is 41.6. The van der Waals surface area contributed by atoms with Crippen LogP contribution in [0.3, 0.4) is 0 Å². The monoisotopic (exact) mass is 803 g/mol. The van der Waals surface area contributed by atoms with Crippen molar-refractivity contribution in [3.8, 4) is 0 Å². The van der Waals surface area contributed by atoms with Crippen molar-refractivity contribution < 1.29 is 49.0 Å². The Morgan fingerprint density at radius 3 is 1.61 bits per heavy atom. The van der Waals surface area contributed by atoms with E-state index < -0.39 is 55.4 Å². The summed E-state index contributed by atoms with van der Waals surface area (Å²) in [7, 11) is 0. The van der Waals surface area contributed by atoms with Crippen LogP contribution in [-0.4, -0.2) is 89.0 Å². The second kappa shape index (κ2) is 37.4. The van der Waals surface area contributed by atoms with Gasteiger partial charge in [0.15, 0.2) is 12.4 Å². The number of hydrogen-bond donors (Lipinski definition) is 4. The Bertz CT molecular complexity index is 1160. The first-order valence-corrected chi connectivity index (χ1v) is 22.0. The molecule has 4 N–H and O–H groups in total. The average Bonchev–Trinajstić information content (AvgIpc) is 3.21. The molecular weight excluding hydrogens is 725 g/mol. The molecular formula is C47H78O10. The van der Waals surface area contributed by atoms with Gasteiger partial charge in [0.1, 0.15) is 31.0 Å². The normalized spacial score (nSPS) is 21.0. The smallest absolute Gasteiger partial charge is 0.306 e. The van der Waals surface area contributed by atoms with E-state index in [1.54, 1.807) is 0 Å². The molecule has 0 aromatic heterocycles. The van der Waals surface area contributed by atoms with Crippen molar-refractivity contribution in [3.63, 3.8) is 0 Å². The lowest BCUT2D eigenvalue weighted by atomic mass is 9.99. The number of carbonyl (C=O) groups is 2. The van der Waals surface area contributed by atoms with E-state index >= 15 is 0 Å². The lowest BCUT2D eigenvalue weighted by Crippen LogP contribution is -2.59. The summed E-state index contributed by atoms with van der Waals surface area (Å²) in [4.78, 5) is 25.3. The lowest BCUT2D eigenvalue weighted by Gasteiger charge is -2.39. The number of esters is 2. The molecule has 10 nitrogen and oxygen atoms in total. The Labute approximate surface area is 344 Å². The SMILES string of the molecule is CC/C=C/C/C=C/C/C=C/CCCCCCCC(=O)OC[C@H](CO[C@@H]1O[C@H](CO)[C@H](O)C(O)C1O)OC(=O)CCC/C=C/C/C=C/C/C=C/CCCCCCCC. The lowest BCUT2D eigenvalue weighted by molar-refractivity contribution is -0.305. The maximum Gasteiger partial charge on any atom is 0.306 e. The van der Waals surface area contributed by atoms with E-state index in [1.165, 1.54) is 38.5 Å². The van der Waals surface area contributed by atoms with E-state index in [0.29, 0.717) is 19.3 Å². The summed E-state index contributed by atoms with van der Waals surface area (Å²) in [5.74, 6) is -0.894. The minimum absolute atomic E-state index is 0.151. The number of rotatable bonds is 35. The Kier molecular flexibility index (Phi) is 34.2. The van der Waals surface area contributed by atoms with Gasteiger partial charge in [-0.2, -0.15) is 0 Å². The maximum absolute atomic E-state index is 12.7. The molecule has 0 bridgehead atoms. The molecule has 1 rings (SSSR count). The Morgan fingerprint density at radius 1 is 0.561 bits per heavy atom. The molecule has 0 aliphatic carbocycles. The zero-order valence-electron chi connectivity index (χ0n) is 35.3. The van der Waals surface area contributed by atoms with Gasteiger partial charge < -0.3 is 39.4 Å². The van der Waals surface area contributed by atoms with Gasteiger partial charge in [-0.3, -0.25) is 9.59 Å². The molecule has 2 unspecified atom stereocenters. The van der Waals surface area contributed by atoms with Crippen LogP contribution in [0.15, 0.2) is 72.9 Å². The molecule has 0 spiro atoms. The first kappa shape index (κ1) is 52.2. The molecule has 57 heavy (non-hydrogen) atoms. The number of aliphatic hydroxyl groups is 4. The number of allylic oxidation sites excluding steroid dienone is 12. The molecule has 0 aromatic rings. The van der Waals surface area contributed by atoms with Gasteiger partial charge in [-0.25, -0.2) is 0 Å². The van der Waals surface area contributed by atoms with Crippen molar-refractivity contribution in [1.82, 2.24) is 0 Å². The number of ether oxygens (including phenoxy) is 4. The predicted molar refractivity (Wildman–Crippen MR) is 228 cm³/mol. The topological polar surface area (TPSA) is 152 Å². The minimum Gasteiger partial charge on any atom is -0.462 e. The fraction of sp³-hybridized carbons (Fsp3) is 0.702. The molecule has 1 saturated heterocycles. The molecule has 6 atom stereocenters. The zero-order valence-corrected chi connectivity index (χ0v) is 35.3. The van der Waals surface area contributed by atoms with Crippen molar-refractivity contribution in [1.29, 1.82) is 0 Å². The van der Waals surface area contributed by atoms with E-state index in [2.05, 4.69) is 80.7 Å². The van der Waals surface area contributed by atoms with Crippen LogP contribution in [0, 0.1) is 0 Å². The quantitative estimate of drug-likeness (QED) is 0.0277. The summed E-state index contributed by atoms with van der Waals surface area (Å²) in [5.41, 5.74) is 0. The molecule has 0 radical (unpaired) electrons. The number of carbonyl (C=O) groups excluding carboxylic acids is 2. The summed E-state index contributed by atoms with van der Waals surface area (Å²) in [5, 5.41) is 40.0. The van der Waals surface area contributed by atoms with Crippen molar-refractivity contribution in [3.05, 3.63) is 72.9 Å². The van der Waals surface area contributed by atoms with Gasteiger partial charge in [-0.15, -0.1) is 0 Å². The van der Waals surface area contributed by atoms with E-state index in [1.807, 2.05) is 6.08 Å². The predicted octanol–water partition coefficient (Wildman–Crippen LogP) is 9.22. The van der Waals surface area contributed by atoms with E-state index in [9.17, 15) is 30.0 Å². The molecule has 0 amide bonds. The van der Waals surface area contributed by atoms with Gasteiger partial charge >= 0.3 is 11.9 Å². The highest BCUT2D eigenvalue weighted by molar-refractivity contribution is 5.70. The number of unbranched alkanes of at least 4 members (excludes halogenated alkanes) is 12. The summed E-state index contributed by atoms with van der Waals surface area (Å²) in [6, 6.07) is 0. The summed E-state index contributed by atoms with van der Waals surface area (Å²) >= 11 is 0. The molecule has 1 fully saturated rings. The van der Waals surface area contributed by atoms with Gasteiger partial charge in [-0.05, 0) is 77.0 Å². The third-order valence-electron chi connectivity index (χ3n) is 9.58. The van der Waals surface area contributed by atoms with Gasteiger partial charge in [0, 0.05) is 12.8 Å². The fourth-order valence-corrected chi connectivity index (χ4v) is 6.10. The van der Waals surface area contributed by atoms with E-state index in [4.69, 9.17) is 18.9 Å². The van der Waals surface area contributed by atoms with Gasteiger partial charge in [-0.1, -0.05) is 138 Å². The number of aliphatic hydroxyl groups excluding tert-OH is 4. The van der Waals surface area contributed by atoms with E-state index in [-0.39, 0.29) is 26.1 Å². The molecule has 1 aliphatic rings. The third kappa shape index (κ3) is 29.1. The first-order chi connectivity index (χ1) is 27.8. The molecule has 1 aliphatic heterocycles. The fourth-order valence-electron chi connectivity index (χ4n) is 6.10. The molecule has 10 heteroatoms. The van der Waals surface area contributed by atoms with Crippen LogP contribution in [0.4, 0.5) is 0 Å². The van der Waals surface area contributed by atoms with Crippen LogP contribution >= 0.6 is 0 Å². The van der Waals surface area contributed by atoms with Crippen molar-refractivity contribution >= 4 is 11.9 Å². The van der Waals surface area contributed by atoms with Crippen molar-refractivity contribution in [2.45, 2.75) is 192 Å². The minimum atomic E-state index is -1.61. The standard InChI is InChI=1S/C47H78O10/c1-3-5-7-9-11-13-15-17-19-20-22-24-26-28-30-32-34-36-43(50)56-40(39-55-47-46(53)45(52)44(51)41(37-48)57-47)38-54-42(49)35-33-31-29-27-25-23-21-18-16-14-12-10-8-6-4-2/h6,8,12,14,17-19,21-22,24,28,30,40-41,44-48,51-53H,3-5,7,9-11,13,15-16,20,23,25-27,29,31-39H2,1-2H3/b8-6+,14-12+,19-17+,21-18+,24-22+,30-28+/t40-,41-,44+,45?,46?,47-/m1/s1. The van der Waals surface area contributed by atoms with Crippen molar-refractivity contribution in [2.75, 3.05) is 19.8 Å². The van der Waals surface area contributed by atoms with Crippen LogP contribution in [0.25, 0.3) is 0 Å². The van der Waals surface area contributed by atoms with Crippen LogP contribution < -0.4 is 0 Å².